The largest absolute Gasteiger partial charge is 0.507 e. The van der Waals surface area contributed by atoms with Gasteiger partial charge in [0.1, 0.15) is 11.5 Å². The molecule has 0 saturated carbocycles. The first-order chi connectivity index (χ1) is 15.6. The lowest BCUT2D eigenvalue weighted by Crippen LogP contribution is -2.41. The van der Waals surface area contributed by atoms with Crippen LogP contribution in [0.4, 0.5) is 0 Å². The van der Waals surface area contributed by atoms with Gasteiger partial charge in [-0.15, -0.1) is 0 Å². The number of carbonyl (C=O) groups is 1. The average Bonchev–Trinajstić information content (AvgIpc) is 2.83. The third kappa shape index (κ3) is 4.31. The monoisotopic (exact) mass is 445 g/mol. The lowest BCUT2D eigenvalue weighted by atomic mass is 9.70. The molecule has 3 aromatic rings. The van der Waals surface area contributed by atoms with Gasteiger partial charge in [-0.05, 0) is 109 Å². The molecular formula is C29H35NO3. The molecule has 1 aliphatic carbocycles. The number of hydrogen-bond acceptors (Lipinski definition) is 3. The molecule has 2 N–H and O–H groups in total. The molecule has 0 spiro atoms. The van der Waals surface area contributed by atoms with Crippen LogP contribution in [0.15, 0.2) is 36.4 Å². The number of amides is 1. The Kier molecular flexibility index (Phi) is 6.13. The third-order valence-corrected chi connectivity index (χ3v) is 7.78. The number of nitrogens with one attached hydrogen (secondary N) is 1. The van der Waals surface area contributed by atoms with Crippen molar-refractivity contribution in [2.24, 2.45) is 5.41 Å². The van der Waals surface area contributed by atoms with E-state index in [0.29, 0.717) is 12.3 Å². The topological polar surface area (TPSA) is 58.6 Å². The Bertz CT molecular complexity index is 1230. The van der Waals surface area contributed by atoms with Crippen molar-refractivity contribution in [2.45, 2.75) is 59.8 Å². The van der Waals surface area contributed by atoms with Gasteiger partial charge in [0.05, 0.1) is 13.0 Å². The first-order valence-electron chi connectivity index (χ1n) is 11.8. The van der Waals surface area contributed by atoms with Gasteiger partial charge >= 0.3 is 0 Å². The molecule has 1 amide bonds. The quantitative estimate of drug-likeness (QED) is 0.514. The van der Waals surface area contributed by atoms with Crippen molar-refractivity contribution in [1.82, 2.24) is 5.32 Å². The predicted octanol–water partition coefficient (Wildman–Crippen LogP) is 5.89. The summed E-state index contributed by atoms with van der Waals surface area (Å²) >= 11 is 0. The van der Waals surface area contributed by atoms with Crippen LogP contribution in [0.5, 0.6) is 11.5 Å². The van der Waals surface area contributed by atoms with Gasteiger partial charge in [-0.2, -0.15) is 0 Å². The summed E-state index contributed by atoms with van der Waals surface area (Å²) in [5.74, 6) is 1.11. The molecule has 0 unspecified atom stereocenters. The Hall–Kier alpha value is -3.01. The third-order valence-electron chi connectivity index (χ3n) is 7.78. The van der Waals surface area contributed by atoms with Crippen LogP contribution in [0.2, 0.25) is 0 Å². The molecule has 1 aliphatic rings. The Balaban J connectivity index is 1.47. The van der Waals surface area contributed by atoms with Crippen molar-refractivity contribution >= 4 is 16.7 Å². The average molecular weight is 446 g/mol. The standard InChI is InChI=1S/C29H35NO3/c1-17-18(2)27(31)20(4)25-11-12-29(5,15-26(17)25)16-30-28(32)19(3)21-7-8-23-14-24(33-6)10-9-22(23)13-21/h7-10,13-14,19,31H,11-12,15-16H2,1-6H3,(H,30,32)/t19-,29-/m0/s1. The number of benzene rings is 3. The summed E-state index contributed by atoms with van der Waals surface area (Å²) in [6, 6.07) is 12.2. The Labute approximate surface area is 197 Å². The molecule has 0 bridgehead atoms. The van der Waals surface area contributed by atoms with Gasteiger partial charge in [-0.25, -0.2) is 0 Å². The molecule has 0 fully saturated rings. The summed E-state index contributed by atoms with van der Waals surface area (Å²) in [5.41, 5.74) is 6.84. The van der Waals surface area contributed by atoms with Crippen molar-refractivity contribution in [3.05, 3.63) is 69.8 Å². The maximum atomic E-state index is 13.1. The van der Waals surface area contributed by atoms with E-state index in [1.165, 1.54) is 16.7 Å². The van der Waals surface area contributed by atoms with E-state index >= 15 is 0 Å². The van der Waals surface area contributed by atoms with Crippen LogP contribution in [0.25, 0.3) is 10.8 Å². The molecule has 0 radical (unpaired) electrons. The summed E-state index contributed by atoms with van der Waals surface area (Å²) in [4.78, 5) is 13.1. The van der Waals surface area contributed by atoms with Crippen LogP contribution in [0, 0.1) is 26.2 Å². The van der Waals surface area contributed by atoms with Crippen LogP contribution in [-0.2, 0) is 17.6 Å². The van der Waals surface area contributed by atoms with Crippen LogP contribution in [-0.4, -0.2) is 24.7 Å². The normalized spacial score (nSPS) is 18.6. The van der Waals surface area contributed by atoms with Gasteiger partial charge in [0, 0.05) is 6.54 Å². The fourth-order valence-corrected chi connectivity index (χ4v) is 5.19. The second kappa shape index (κ2) is 8.74. The number of rotatable bonds is 5. The molecule has 33 heavy (non-hydrogen) atoms. The molecule has 0 aromatic heterocycles. The van der Waals surface area contributed by atoms with Gasteiger partial charge in [-0.1, -0.05) is 31.2 Å². The molecule has 0 heterocycles. The summed E-state index contributed by atoms with van der Waals surface area (Å²) in [7, 11) is 1.67. The van der Waals surface area contributed by atoms with E-state index in [1.54, 1.807) is 7.11 Å². The highest BCUT2D eigenvalue weighted by Gasteiger charge is 2.33. The van der Waals surface area contributed by atoms with E-state index in [9.17, 15) is 9.90 Å². The highest BCUT2D eigenvalue weighted by molar-refractivity contribution is 5.88. The Morgan fingerprint density at radius 1 is 1.06 bits per heavy atom. The van der Waals surface area contributed by atoms with Gasteiger partial charge in [0.25, 0.3) is 0 Å². The van der Waals surface area contributed by atoms with E-state index < -0.39 is 0 Å². The number of fused-ring (bicyclic) bond motifs is 2. The summed E-state index contributed by atoms with van der Waals surface area (Å²) < 4.78 is 5.31. The second-order valence-electron chi connectivity index (χ2n) is 10.1. The number of ether oxygens (including phenoxy) is 1. The first kappa shape index (κ1) is 23.2. The maximum Gasteiger partial charge on any atom is 0.227 e. The first-order valence-corrected chi connectivity index (χ1v) is 11.8. The van der Waals surface area contributed by atoms with Crippen molar-refractivity contribution < 1.29 is 14.6 Å². The molecule has 4 nitrogen and oxygen atoms in total. The van der Waals surface area contributed by atoms with E-state index in [2.05, 4.69) is 31.3 Å². The smallest absolute Gasteiger partial charge is 0.227 e. The summed E-state index contributed by atoms with van der Waals surface area (Å²) in [6.07, 6.45) is 2.85. The second-order valence-corrected chi connectivity index (χ2v) is 10.1. The maximum absolute atomic E-state index is 13.1. The minimum Gasteiger partial charge on any atom is -0.507 e. The van der Waals surface area contributed by atoms with Crippen LogP contribution >= 0.6 is 0 Å². The Morgan fingerprint density at radius 3 is 2.48 bits per heavy atom. The molecule has 3 aromatic carbocycles. The minimum atomic E-state index is -0.223. The van der Waals surface area contributed by atoms with Crippen molar-refractivity contribution in [2.75, 3.05) is 13.7 Å². The van der Waals surface area contributed by atoms with Crippen molar-refractivity contribution in [3.8, 4) is 11.5 Å². The van der Waals surface area contributed by atoms with Crippen molar-refractivity contribution in [1.29, 1.82) is 0 Å². The zero-order valence-electron chi connectivity index (χ0n) is 20.6. The number of hydrogen-bond donors (Lipinski definition) is 2. The van der Waals surface area contributed by atoms with Crippen molar-refractivity contribution in [3.63, 3.8) is 0 Å². The lowest BCUT2D eigenvalue weighted by molar-refractivity contribution is -0.122. The van der Waals surface area contributed by atoms with Gasteiger partial charge < -0.3 is 15.2 Å². The molecule has 4 heteroatoms. The molecule has 0 saturated heterocycles. The lowest BCUT2D eigenvalue weighted by Gasteiger charge is -2.37. The highest BCUT2D eigenvalue weighted by Crippen LogP contribution is 2.42. The zero-order chi connectivity index (χ0) is 23.9. The van der Waals surface area contributed by atoms with Crippen LogP contribution < -0.4 is 10.1 Å². The SMILES string of the molecule is COc1ccc2cc([C@H](C)C(=O)NC[C@@]3(C)CCc4c(C)c(O)c(C)c(C)c4C3)ccc2c1. The fourth-order valence-electron chi connectivity index (χ4n) is 5.19. The molecule has 2 atom stereocenters. The molecule has 4 rings (SSSR count). The molecule has 174 valence electrons. The number of methoxy groups -OCH3 is 1. The predicted molar refractivity (Wildman–Crippen MR) is 134 cm³/mol. The van der Waals surface area contributed by atoms with E-state index in [1.807, 2.05) is 45.0 Å². The fraction of sp³-hybridized carbons (Fsp3) is 0.414. The van der Waals surface area contributed by atoms with Crippen LogP contribution in [0.3, 0.4) is 0 Å². The summed E-state index contributed by atoms with van der Waals surface area (Å²) in [5, 5.41) is 15.9. The van der Waals surface area contributed by atoms with Crippen LogP contribution in [0.1, 0.15) is 59.6 Å². The number of phenolic OH excluding ortho intramolecular Hbond substituents is 1. The Morgan fingerprint density at radius 2 is 1.76 bits per heavy atom. The number of carbonyl (C=O) groups excluding carboxylic acids is 1. The highest BCUT2D eigenvalue weighted by atomic mass is 16.5. The van der Waals surface area contributed by atoms with E-state index in [-0.39, 0.29) is 17.2 Å². The molecular weight excluding hydrogens is 410 g/mol. The summed E-state index contributed by atoms with van der Waals surface area (Å²) in [6.45, 7) is 11.0. The number of phenols is 1. The zero-order valence-corrected chi connectivity index (χ0v) is 20.6. The van der Waals surface area contributed by atoms with Gasteiger partial charge in [0.15, 0.2) is 0 Å². The van der Waals surface area contributed by atoms with Gasteiger partial charge in [-0.3, -0.25) is 4.79 Å². The minimum absolute atomic E-state index is 0.00291. The van der Waals surface area contributed by atoms with Gasteiger partial charge in [0.2, 0.25) is 5.91 Å². The van der Waals surface area contributed by atoms with E-state index in [0.717, 1.165) is 52.5 Å². The number of aromatic hydroxyl groups is 1. The molecule has 0 aliphatic heterocycles. The van der Waals surface area contributed by atoms with E-state index in [4.69, 9.17) is 4.74 Å².